The van der Waals surface area contributed by atoms with Gasteiger partial charge in [-0.2, -0.15) is 0 Å². The number of rotatable bonds is 5. The van der Waals surface area contributed by atoms with E-state index in [0.717, 1.165) is 23.0 Å². The molecule has 1 aromatic heterocycles. The summed E-state index contributed by atoms with van der Waals surface area (Å²) in [5, 5.41) is 4.77. The number of anilines is 2. The standard InChI is InChI=1S/C15H20N4O/c1-3-18-14(20)10-19(4-2)13-6-5-11-9-17-8-7-12(11)15(13)16/h5-9H,3-4,10,16H2,1-2H3,(H,18,20). The van der Waals surface area contributed by atoms with E-state index in [9.17, 15) is 4.79 Å². The number of benzene rings is 1. The highest BCUT2D eigenvalue weighted by Gasteiger charge is 2.13. The summed E-state index contributed by atoms with van der Waals surface area (Å²) < 4.78 is 0. The number of fused-ring (bicyclic) bond motifs is 1. The number of likely N-dealkylation sites (N-methyl/N-ethyl adjacent to an activating group) is 2. The van der Waals surface area contributed by atoms with Crippen molar-refractivity contribution >= 4 is 28.1 Å². The van der Waals surface area contributed by atoms with Crippen molar-refractivity contribution in [1.82, 2.24) is 10.3 Å². The fourth-order valence-corrected chi connectivity index (χ4v) is 2.25. The van der Waals surface area contributed by atoms with Crippen LogP contribution in [0.3, 0.4) is 0 Å². The highest BCUT2D eigenvalue weighted by molar-refractivity contribution is 5.99. The lowest BCUT2D eigenvalue weighted by molar-refractivity contribution is -0.119. The molecule has 0 saturated carbocycles. The SMILES string of the molecule is CCNC(=O)CN(CC)c1ccc2cnccc2c1N. The van der Waals surface area contributed by atoms with Gasteiger partial charge in [-0.3, -0.25) is 9.78 Å². The zero-order valence-electron chi connectivity index (χ0n) is 11.9. The van der Waals surface area contributed by atoms with Gasteiger partial charge in [-0.1, -0.05) is 6.07 Å². The van der Waals surface area contributed by atoms with Crippen molar-refractivity contribution in [3.8, 4) is 0 Å². The molecule has 0 bridgehead atoms. The molecule has 5 heteroatoms. The summed E-state index contributed by atoms with van der Waals surface area (Å²) in [5.74, 6) is 0.00331. The Kier molecular flexibility index (Phi) is 4.40. The predicted octanol–water partition coefficient (Wildman–Crippen LogP) is 1.78. The van der Waals surface area contributed by atoms with Gasteiger partial charge in [-0.15, -0.1) is 0 Å². The normalized spacial score (nSPS) is 10.5. The van der Waals surface area contributed by atoms with Crippen molar-refractivity contribution in [2.45, 2.75) is 13.8 Å². The smallest absolute Gasteiger partial charge is 0.239 e. The van der Waals surface area contributed by atoms with E-state index in [-0.39, 0.29) is 5.91 Å². The predicted molar refractivity (Wildman–Crippen MR) is 82.7 cm³/mol. The summed E-state index contributed by atoms with van der Waals surface area (Å²) in [4.78, 5) is 17.8. The molecule has 0 aliphatic heterocycles. The van der Waals surface area contributed by atoms with Crippen molar-refractivity contribution in [2.24, 2.45) is 0 Å². The Labute approximate surface area is 118 Å². The molecule has 0 radical (unpaired) electrons. The van der Waals surface area contributed by atoms with Crippen LogP contribution in [-0.2, 0) is 4.79 Å². The summed E-state index contributed by atoms with van der Waals surface area (Å²) in [5.41, 5.74) is 7.82. The Morgan fingerprint density at radius 3 is 2.85 bits per heavy atom. The van der Waals surface area contributed by atoms with Gasteiger partial charge >= 0.3 is 0 Å². The number of pyridine rings is 1. The first kappa shape index (κ1) is 14.1. The number of nitrogens with two attached hydrogens (primary N) is 1. The van der Waals surface area contributed by atoms with E-state index in [2.05, 4.69) is 10.3 Å². The molecule has 1 aromatic carbocycles. The number of amides is 1. The first-order chi connectivity index (χ1) is 9.67. The summed E-state index contributed by atoms with van der Waals surface area (Å²) in [6.45, 7) is 5.58. The van der Waals surface area contributed by atoms with Gasteiger partial charge in [-0.05, 0) is 26.0 Å². The maximum Gasteiger partial charge on any atom is 0.239 e. The number of nitrogen functional groups attached to an aromatic ring is 1. The molecule has 0 saturated heterocycles. The third kappa shape index (κ3) is 2.82. The lowest BCUT2D eigenvalue weighted by atomic mass is 10.1. The molecule has 1 amide bonds. The minimum absolute atomic E-state index is 0.00331. The van der Waals surface area contributed by atoms with Crippen LogP contribution in [0.4, 0.5) is 11.4 Å². The van der Waals surface area contributed by atoms with E-state index < -0.39 is 0 Å². The van der Waals surface area contributed by atoms with Crippen LogP contribution in [-0.4, -0.2) is 30.5 Å². The van der Waals surface area contributed by atoms with Crippen LogP contribution in [0.2, 0.25) is 0 Å². The fraction of sp³-hybridized carbons (Fsp3) is 0.333. The van der Waals surface area contributed by atoms with Crippen LogP contribution < -0.4 is 16.0 Å². The molecule has 2 aromatic rings. The second-order valence-electron chi connectivity index (χ2n) is 4.56. The monoisotopic (exact) mass is 272 g/mol. The number of nitrogens with zero attached hydrogens (tertiary/aromatic N) is 2. The third-order valence-corrected chi connectivity index (χ3v) is 3.27. The number of nitrogens with one attached hydrogen (secondary N) is 1. The second kappa shape index (κ2) is 6.23. The molecule has 0 aliphatic carbocycles. The van der Waals surface area contributed by atoms with Gasteiger partial charge in [0.1, 0.15) is 0 Å². The van der Waals surface area contributed by atoms with Crippen LogP contribution in [0.25, 0.3) is 10.8 Å². The molecular formula is C15H20N4O. The third-order valence-electron chi connectivity index (χ3n) is 3.27. The van der Waals surface area contributed by atoms with Crippen molar-refractivity contribution in [2.75, 3.05) is 30.3 Å². The molecule has 0 aliphatic rings. The molecule has 0 unspecified atom stereocenters. The first-order valence-electron chi connectivity index (χ1n) is 6.81. The number of aromatic nitrogens is 1. The number of carbonyl (C=O) groups excluding carboxylic acids is 1. The quantitative estimate of drug-likeness (QED) is 0.814. The van der Waals surface area contributed by atoms with E-state index in [4.69, 9.17) is 5.73 Å². The Balaban J connectivity index is 2.34. The minimum Gasteiger partial charge on any atom is -0.397 e. The molecule has 106 valence electrons. The summed E-state index contributed by atoms with van der Waals surface area (Å²) >= 11 is 0. The lowest BCUT2D eigenvalue weighted by Gasteiger charge is -2.24. The number of carbonyl (C=O) groups is 1. The van der Waals surface area contributed by atoms with Gasteiger partial charge in [0.25, 0.3) is 0 Å². The summed E-state index contributed by atoms with van der Waals surface area (Å²) in [6.07, 6.45) is 3.51. The Bertz CT molecular complexity index is 612. The fourth-order valence-electron chi connectivity index (χ4n) is 2.25. The Morgan fingerprint density at radius 1 is 1.35 bits per heavy atom. The van der Waals surface area contributed by atoms with Crippen LogP contribution >= 0.6 is 0 Å². The first-order valence-corrected chi connectivity index (χ1v) is 6.81. The molecule has 2 rings (SSSR count). The van der Waals surface area contributed by atoms with E-state index in [0.29, 0.717) is 18.8 Å². The average Bonchev–Trinajstić information content (AvgIpc) is 2.46. The van der Waals surface area contributed by atoms with Crippen molar-refractivity contribution < 1.29 is 4.79 Å². The van der Waals surface area contributed by atoms with Gasteiger partial charge in [0.2, 0.25) is 5.91 Å². The Morgan fingerprint density at radius 2 is 2.15 bits per heavy atom. The van der Waals surface area contributed by atoms with E-state index >= 15 is 0 Å². The molecular weight excluding hydrogens is 252 g/mol. The van der Waals surface area contributed by atoms with E-state index in [1.807, 2.05) is 36.9 Å². The molecule has 20 heavy (non-hydrogen) atoms. The maximum atomic E-state index is 11.8. The highest BCUT2D eigenvalue weighted by atomic mass is 16.2. The van der Waals surface area contributed by atoms with Gasteiger partial charge in [-0.25, -0.2) is 0 Å². The molecule has 3 N–H and O–H groups in total. The van der Waals surface area contributed by atoms with Gasteiger partial charge in [0, 0.05) is 36.3 Å². The van der Waals surface area contributed by atoms with Gasteiger partial charge in [0.05, 0.1) is 17.9 Å². The zero-order valence-corrected chi connectivity index (χ0v) is 11.9. The van der Waals surface area contributed by atoms with Gasteiger partial charge in [0.15, 0.2) is 0 Å². The van der Waals surface area contributed by atoms with E-state index in [1.165, 1.54) is 0 Å². The van der Waals surface area contributed by atoms with Gasteiger partial charge < -0.3 is 16.0 Å². The van der Waals surface area contributed by atoms with Crippen LogP contribution in [0, 0.1) is 0 Å². The number of hydrogen-bond acceptors (Lipinski definition) is 4. The maximum absolute atomic E-state index is 11.8. The molecule has 5 nitrogen and oxygen atoms in total. The molecule has 0 fully saturated rings. The highest BCUT2D eigenvalue weighted by Crippen LogP contribution is 2.30. The molecule has 0 atom stereocenters. The second-order valence-corrected chi connectivity index (χ2v) is 4.56. The molecule has 0 spiro atoms. The van der Waals surface area contributed by atoms with Crippen molar-refractivity contribution in [3.05, 3.63) is 30.6 Å². The largest absolute Gasteiger partial charge is 0.397 e. The average molecular weight is 272 g/mol. The lowest BCUT2D eigenvalue weighted by Crippen LogP contribution is -2.37. The minimum atomic E-state index is 0.00331. The number of hydrogen-bond donors (Lipinski definition) is 2. The molecule has 1 heterocycles. The summed E-state index contributed by atoms with van der Waals surface area (Å²) in [6, 6.07) is 5.82. The van der Waals surface area contributed by atoms with Crippen LogP contribution in [0.15, 0.2) is 30.6 Å². The van der Waals surface area contributed by atoms with Crippen molar-refractivity contribution in [1.29, 1.82) is 0 Å². The van der Waals surface area contributed by atoms with Crippen molar-refractivity contribution in [3.63, 3.8) is 0 Å². The van der Waals surface area contributed by atoms with Crippen LogP contribution in [0.1, 0.15) is 13.8 Å². The zero-order chi connectivity index (χ0) is 14.5. The van der Waals surface area contributed by atoms with E-state index in [1.54, 1.807) is 12.4 Å². The summed E-state index contributed by atoms with van der Waals surface area (Å²) in [7, 11) is 0. The van der Waals surface area contributed by atoms with Crippen LogP contribution in [0.5, 0.6) is 0 Å². The Hall–Kier alpha value is -2.30. The topological polar surface area (TPSA) is 71.2 Å².